The van der Waals surface area contributed by atoms with Gasteiger partial charge in [-0.1, -0.05) is 36.4 Å². The van der Waals surface area contributed by atoms with Crippen molar-refractivity contribution in [2.24, 2.45) is 0 Å². The summed E-state index contributed by atoms with van der Waals surface area (Å²) < 4.78 is 0. The number of amides is 3. The first kappa shape index (κ1) is 57.0. The van der Waals surface area contributed by atoms with Crippen LogP contribution in [0.1, 0.15) is 83.7 Å². The molecule has 0 aliphatic heterocycles. The normalized spacial score (nSPS) is 10.1. The van der Waals surface area contributed by atoms with Crippen molar-refractivity contribution in [1.82, 2.24) is 30.9 Å². The summed E-state index contributed by atoms with van der Waals surface area (Å²) in [5, 5.41) is 35.5. The summed E-state index contributed by atoms with van der Waals surface area (Å²) in [6.07, 6.45) is 0. The smallest absolute Gasteiger partial charge is 0.354 e. The van der Waals surface area contributed by atoms with Crippen molar-refractivity contribution in [3.63, 3.8) is 0 Å². The summed E-state index contributed by atoms with van der Waals surface area (Å²) in [6, 6.07) is 32.1. The maximum atomic E-state index is 12.0. The maximum Gasteiger partial charge on any atom is 0.354 e. The second-order valence-electron chi connectivity index (χ2n) is 15.7. The zero-order valence-corrected chi connectivity index (χ0v) is 43.0. The van der Waals surface area contributed by atoms with E-state index < -0.39 is 17.9 Å². The number of carbonyl (C=O) groups is 6. The minimum Gasteiger partial charge on any atom is -0.477 e. The molecule has 6 N–H and O–H groups in total. The number of carboxylic acid groups (broad SMARTS) is 3. The largest absolute Gasteiger partial charge is 0.477 e. The molecule has 0 radical (unpaired) electrons. The van der Waals surface area contributed by atoms with Crippen molar-refractivity contribution in [3.8, 4) is 33.4 Å². The van der Waals surface area contributed by atoms with Crippen LogP contribution in [0.15, 0.2) is 109 Å². The summed E-state index contributed by atoms with van der Waals surface area (Å²) in [4.78, 5) is 87.3. The maximum absolute atomic E-state index is 12.0. The molecule has 0 fully saturated rings. The number of aromatic nitrogens is 3. The Morgan fingerprint density at radius 2 is 0.571 bits per heavy atom. The Bertz CT molecular complexity index is 2480. The van der Waals surface area contributed by atoms with E-state index in [0.717, 1.165) is 33.8 Å². The number of hydrogen-bond donors (Lipinski definition) is 6. The Kier molecular flexibility index (Phi) is 22.0. The molecule has 0 unspecified atom stereocenters. The van der Waals surface area contributed by atoms with Gasteiger partial charge in [0.15, 0.2) is 0 Å². The Morgan fingerprint density at radius 1 is 0.371 bits per heavy atom. The van der Waals surface area contributed by atoms with E-state index in [9.17, 15) is 44.1 Å². The van der Waals surface area contributed by atoms with Gasteiger partial charge >= 0.3 is 17.9 Å². The average molecular weight is 1090 g/mol. The summed E-state index contributed by atoms with van der Waals surface area (Å²) in [7, 11) is 11.6. The van der Waals surface area contributed by atoms with Crippen LogP contribution in [-0.2, 0) is 0 Å². The summed E-state index contributed by atoms with van der Waals surface area (Å²) in [6.45, 7) is 6.72. The summed E-state index contributed by atoms with van der Waals surface area (Å²) in [5.74, 6) is -4.66. The number of hydrogen-bond acceptors (Lipinski definition) is 12. The Balaban J connectivity index is 0.000000276. The molecule has 70 heavy (non-hydrogen) atoms. The van der Waals surface area contributed by atoms with E-state index in [1.807, 2.05) is 130 Å². The molecule has 366 valence electrons. The van der Waals surface area contributed by atoms with Crippen LogP contribution in [0.25, 0.3) is 33.4 Å². The van der Waals surface area contributed by atoms with Crippen LogP contribution < -0.4 is 30.7 Å². The van der Waals surface area contributed by atoms with Gasteiger partial charge in [-0.05, 0) is 127 Å². The third-order valence-corrected chi connectivity index (χ3v) is 9.99. The van der Waals surface area contributed by atoms with Crippen molar-refractivity contribution in [2.45, 2.75) is 20.8 Å². The van der Waals surface area contributed by atoms with E-state index in [4.69, 9.17) is 0 Å². The number of carbonyl (C=O) groups excluding carboxylic acids is 3. The molecule has 3 amide bonds. The van der Waals surface area contributed by atoms with E-state index >= 15 is 0 Å². The number of carboxylic acids is 3. The fourth-order valence-electron chi connectivity index (χ4n) is 6.38. The van der Waals surface area contributed by atoms with Crippen molar-refractivity contribution in [1.29, 1.82) is 0 Å². The average Bonchev–Trinajstić information content (AvgIpc) is 3.34. The molecule has 0 bridgehead atoms. The molecule has 19 heteroatoms. The standard InChI is InChI=1S/3C17H19N3O3.Sm/c3*1-4-18-16(21)14-9-12(10-15(19-14)17(22)23)11-5-7-13(8-6-11)20(2)3;/h3*5-10H,4H2,1-3H3,(H,18,21)(H,22,23);. The first-order chi connectivity index (χ1) is 32.8. The predicted octanol–water partition coefficient (Wildman–Crippen LogP) is 6.79. The molecule has 0 aliphatic carbocycles. The molecule has 6 rings (SSSR count). The SMILES string of the molecule is CCNC(=O)c1cc(-c2ccc(N(C)C)cc2)cc(C(=O)O)n1.CCNC(=O)c1cc(-c2ccc(N(C)C)cc2)cc(C(=O)O)n1.CCNC(=O)c1cc(-c2ccc(N(C)C)cc2)cc(C(=O)O)n1.[Sm]. The van der Waals surface area contributed by atoms with E-state index in [-0.39, 0.29) is 92.3 Å². The van der Waals surface area contributed by atoms with E-state index in [1.165, 1.54) is 18.2 Å². The first-order valence-electron chi connectivity index (χ1n) is 21.7. The van der Waals surface area contributed by atoms with Crippen LogP contribution in [0, 0.1) is 40.4 Å². The van der Waals surface area contributed by atoms with Crippen LogP contribution in [0.2, 0.25) is 0 Å². The van der Waals surface area contributed by atoms with Crippen LogP contribution in [-0.4, -0.2) is 128 Å². The van der Waals surface area contributed by atoms with Crippen LogP contribution >= 0.6 is 0 Å². The zero-order chi connectivity index (χ0) is 50.9. The Morgan fingerprint density at radius 3 is 0.743 bits per heavy atom. The van der Waals surface area contributed by atoms with Gasteiger partial charge in [0.1, 0.15) is 34.2 Å². The van der Waals surface area contributed by atoms with E-state index in [1.54, 1.807) is 39.0 Å². The monoisotopic (exact) mass is 1090 g/mol. The summed E-state index contributed by atoms with van der Waals surface area (Å²) >= 11 is 0. The molecule has 3 aromatic heterocycles. The Hall–Kier alpha value is -7.33. The molecule has 0 saturated carbocycles. The third-order valence-electron chi connectivity index (χ3n) is 9.99. The second-order valence-corrected chi connectivity index (χ2v) is 15.7. The van der Waals surface area contributed by atoms with Crippen molar-refractivity contribution < 1.29 is 84.5 Å². The number of anilines is 3. The summed E-state index contributed by atoms with van der Waals surface area (Å²) in [5.41, 5.74) is 7.33. The molecular formula is C51H57N9O9Sm. The van der Waals surface area contributed by atoms with Crippen molar-refractivity contribution in [2.75, 3.05) is 76.6 Å². The van der Waals surface area contributed by atoms with E-state index in [2.05, 4.69) is 30.9 Å². The fraction of sp³-hybridized carbons (Fsp3) is 0.235. The van der Waals surface area contributed by atoms with Gasteiger partial charge in [-0.15, -0.1) is 0 Å². The first-order valence-corrected chi connectivity index (χ1v) is 21.7. The number of nitrogens with one attached hydrogen (secondary N) is 3. The Labute approximate surface area is 439 Å². The molecule has 3 heterocycles. The number of rotatable bonds is 15. The number of nitrogens with zero attached hydrogens (tertiary/aromatic N) is 6. The molecule has 18 nitrogen and oxygen atoms in total. The fourth-order valence-corrected chi connectivity index (χ4v) is 6.38. The van der Waals surface area contributed by atoms with Crippen molar-refractivity contribution in [3.05, 3.63) is 143 Å². The quantitative estimate of drug-likeness (QED) is 0.0620. The molecule has 0 atom stereocenters. The van der Waals surface area contributed by atoms with Gasteiger partial charge in [0, 0.05) is 119 Å². The topological polar surface area (TPSA) is 248 Å². The molecule has 0 saturated heterocycles. The van der Waals surface area contributed by atoms with Crippen LogP contribution in [0.3, 0.4) is 0 Å². The van der Waals surface area contributed by atoms with Gasteiger partial charge < -0.3 is 46.0 Å². The molecule has 0 aliphatic rings. The minimum absolute atomic E-state index is 0. The zero-order valence-electron chi connectivity index (χ0n) is 40.4. The third kappa shape index (κ3) is 16.1. The number of benzene rings is 3. The van der Waals surface area contributed by atoms with Gasteiger partial charge in [-0.3, -0.25) is 14.4 Å². The number of aromatic carboxylic acids is 3. The van der Waals surface area contributed by atoms with Crippen molar-refractivity contribution >= 4 is 52.7 Å². The molecular weight excluding hydrogens is 1030 g/mol. The van der Waals surface area contributed by atoms with Crippen LogP contribution in [0.4, 0.5) is 17.1 Å². The van der Waals surface area contributed by atoms with Gasteiger partial charge in [-0.25, -0.2) is 29.3 Å². The van der Waals surface area contributed by atoms with Gasteiger partial charge in [0.05, 0.1) is 0 Å². The van der Waals surface area contributed by atoms with Crippen LogP contribution in [0.5, 0.6) is 0 Å². The molecule has 3 aromatic carbocycles. The van der Waals surface area contributed by atoms with Gasteiger partial charge in [-0.2, -0.15) is 0 Å². The second kappa shape index (κ2) is 27.0. The predicted molar refractivity (Wildman–Crippen MR) is 267 cm³/mol. The molecule has 6 aromatic rings. The van der Waals surface area contributed by atoms with Gasteiger partial charge in [0.2, 0.25) is 0 Å². The number of pyridine rings is 3. The van der Waals surface area contributed by atoms with E-state index in [0.29, 0.717) is 36.3 Å². The van der Waals surface area contributed by atoms with Gasteiger partial charge in [0.25, 0.3) is 17.7 Å². The molecule has 0 spiro atoms. The minimum atomic E-state index is -1.16.